The van der Waals surface area contributed by atoms with E-state index in [1.165, 1.54) is 11.8 Å². The fraction of sp³-hybridized carbons (Fsp3) is 0. The first-order valence-corrected chi connectivity index (χ1v) is 7.00. The Morgan fingerprint density at radius 3 is 2.30 bits per heavy atom. The number of nitrogens with zero attached hydrogens (tertiary/aromatic N) is 3. The molecule has 20 heavy (non-hydrogen) atoms. The van der Waals surface area contributed by atoms with Crippen LogP contribution in [0.5, 0.6) is 5.75 Å². The lowest BCUT2D eigenvalue weighted by Crippen LogP contribution is -1.98. The molecule has 3 aromatic rings. The van der Waals surface area contributed by atoms with E-state index in [0.717, 1.165) is 22.2 Å². The van der Waals surface area contributed by atoms with Crippen LogP contribution in [-0.2, 0) is 0 Å². The molecule has 1 aromatic heterocycles. The fourth-order valence-electron chi connectivity index (χ4n) is 1.97. The lowest BCUT2D eigenvalue weighted by molar-refractivity contribution is 0.475. The number of phenols is 1. The summed E-state index contributed by atoms with van der Waals surface area (Å²) >= 11 is 1.30. The van der Waals surface area contributed by atoms with Crippen molar-refractivity contribution in [3.8, 4) is 22.8 Å². The molecule has 4 nitrogen and oxygen atoms in total. The highest BCUT2D eigenvalue weighted by Gasteiger charge is 2.14. The van der Waals surface area contributed by atoms with Crippen LogP contribution < -0.4 is 0 Å². The van der Waals surface area contributed by atoms with Gasteiger partial charge >= 0.3 is 0 Å². The summed E-state index contributed by atoms with van der Waals surface area (Å²) < 4.78 is 1.95. The van der Waals surface area contributed by atoms with E-state index < -0.39 is 0 Å². The van der Waals surface area contributed by atoms with Crippen LogP contribution >= 0.6 is 11.8 Å². The molecular weight excluding hydrogens is 270 g/mol. The molecule has 0 saturated carbocycles. The second-order valence-corrected chi connectivity index (χ2v) is 4.82. The predicted octanol–water partition coefficient (Wildman–Crippen LogP) is 3.52. The molecular formula is C15H12N3OS. The molecule has 2 aromatic carbocycles. The SMILES string of the molecule is [CH2]Sc1nnc(-c2ccc(O)cc2)n1-c1ccccc1. The zero-order valence-electron chi connectivity index (χ0n) is 10.6. The fourth-order valence-corrected chi connectivity index (χ4v) is 2.39. The van der Waals surface area contributed by atoms with E-state index in [2.05, 4.69) is 16.5 Å². The zero-order valence-corrected chi connectivity index (χ0v) is 11.4. The highest BCUT2D eigenvalue weighted by molar-refractivity contribution is 8.00. The number of rotatable bonds is 3. The van der Waals surface area contributed by atoms with Crippen molar-refractivity contribution in [2.24, 2.45) is 0 Å². The smallest absolute Gasteiger partial charge is 0.196 e. The molecule has 0 aliphatic heterocycles. The van der Waals surface area contributed by atoms with Gasteiger partial charge in [0.2, 0.25) is 0 Å². The van der Waals surface area contributed by atoms with Gasteiger partial charge < -0.3 is 5.11 Å². The second-order valence-electron chi connectivity index (χ2n) is 4.17. The zero-order chi connectivity index (χ0) is 13.9. The average molecular weight is 282 g/mol. The Kier molecular flexibility index (Phi) is 3.43. The standard InChI is InChI=1S/C15H12N3OS/c1-20-15-17-16-14(11-7-9-13(19)10-8-11)18(15)12-5-3-2-4-6-12/h2-10,19H,1H2. The minimum atomic E-state index is 0.228. The van der Waals surface area contributed by atoms with Crippen LogP contribution in [0.4, 0.5) is 0 Å². The number of aromatic nitrogens is 3. The quantitative estimate of drug-likeness (QED) is 0.747. The van der Waals surface area contributed by atoms with Gasteiger partial charge in [-0.2, -0.15) is 0 Å². The number of aromatic hydroxyl groups is 1. The molecule has 5 heteroatoms. The molecule has 0 spiro atoms. The Morgan fingerprint density at radius 1 is 0.950 bits per heavy atom. The van der Waals surface area contributed by atoms with Crippen LogP contribution in [0.1, 0.15) is 0 Å². The van der Waals surface area contributed by atoms with Gasteiger partial charge in [0.15, 0.2) is 11.0 Å². The molecule has 1 N–H and O–H groups in total. The molecule has 0 fully saturated rings. The van der Waals surface area contributed by atoms with Crippen LogP contribution in [0, 0.1) is 6.26 Å². The molecule has 0 aliphatic rings. The molecule has 0 atom stereocenters. The minimum absolute atomic E-state index is 0.228. The van der Waals surface area contributed by atoms with Crippen molar-refractivity contribution < 1.29 is 5.11 Å². The number of thioether (sulfide) groups is 1. The van der Waals surface area contributed by atoms with Gasteiger partial charge in [-0.25, -0.2) is 0 Å². The third-order valence-electron chi connectivity index (χ3n) is 2.90. The van der Waals surface area contributed by atoms with Gasteiger partial charge in [-0.3, -0.25) is 4.57 Å². The van der Waals surface area contributed by atoms with Gasteiger partial charge in [-0.15, -0.1) is 10.2 Å². The first-order valence-electron chi connectivity index (χ1n) is 6.02. The number of phenolic OH excluding ortho intramolecular Hbond substituents is 1. The molecule has 3 rings (SSSR count). The van der Waals surface area contributed by atoms with Gasteiger partial charge in [0, 0.05) is 17.5 Å². The lowest BCUT2D eigenvalue weighted by Gasteiger charge is -2.09. The highest BCUT2D eigenvalue weighted by atomic mass is 32.2. The summed E-state index contributed by atoms with van der Waals surface area (Å²) in [6.45, 7) is 0. The maximum atomic E-state index is 9.38. The summed E-state index contributed by atoms with van der Waals surface area (Å²) in [4.78, 5) is 0. The lowest BCUT2D eigenvalue weighted by atomic mass is 10.2. The Hall–Kier alpha value is -2.27. The van der Waals surface area contributed by atoms with Crippen molar-refractivity contribution in [3.63, 3.8) is 0 Å². The topological polar surface area (TPSA) is 50.9 Å². The van der Waals surface area contributed by atoms with E-state index in [1.807, 2.05) is 47.0 Å². The summed E-state index contributed by atoms with van der Waals surface area (Å²) in [6.07, 6.45) is 3.82. The van der Waals surface area contributed by atoms with E-state index in [4.69, 9.17) is 0 Å². The molecule has 0 bridgehead atoms. The summed E-state index contributed by atoms with van der Waals surface area (Å²) in [5.41, 5.74) is 1.87. The summed E-state index contributed by atoms with van der Waals surface area (Å²) in [7, 11) is 0. The molecule has 1 heterocycles. The van der Waals surface area contributed by atoms with Crippen molar-refractivity contribution in [2.45, 2.75) is 5.16 Å². The number of hydrogen-bond acceptors (Lipinski definition) is 4. The van der Waals surface area contributed by atoms with E-state index in [-0.39, 0.29) is 5.75 Å². The Labute approximate surface area is 121 Å². The number of hydrogen-bond donors (Lipinski definition) is 1. The van der Waals surface area contributed by atoms with Crippen LogP contribution in [0.3, 0.4) is 0 Å². The van der Waals surface area contributed by atoms with Gasteiger partial charge in [-0.1, -0.05) is 30.0 Å². The molecule has 0 amide bonds. The molecule has 1 radical (unpaired) electrons. The van der Waals surface area contributed by atoms with E-state index in [9.17, 15) is 5.11 Å². The van der Waals surface area contributed by atoms with Crippen molar-refractivity contribution in [2.75, 3.05) is 0 Å². The number of para-hydroxylation sites is 1. The Morgan fingerprint density at radius 2 is 1.65 bits per heavy atom. The summed E-state index contributed by atoms with van der Waals surface area (Å²) in [6, 6.07) is 16.8. The normalized spacial score (nSPS) is 10.7. The maximum absolute atomic E-state index is 9.38. The second kappa shape index (κ2) is 5.38. The largest absolute Gasteiger partial charge is 0.508 e. The van der Waals surface area contributed by atoms with Crippen LogP contribution in [0.15, 0.2) is 59.8 Å². The van der Waals surface area contributed by atoms with E-state index in [1.54, 1.807) is 12.1 Å². The number of benzene rings is 2. The van der Waals surface area contributed by atoms with Gasteiger partial charge in [0.1, 0.15) is 5.75 Å². The van der Waals surface area contributed by atoms with Crippen LogP contribution in [0.2, 0.25) is 0 Å². The Bertz CT molecular complexity index is 708. The first-order chi connectivity index (χ1) is 9.79. The first kappa shape index (κ1) is 12.7. The Balaban J connectivity index is 2.17. The summed E-state index contributed by atoms with van der Waals surface area (Å²) in [5.74, 6) is 0.952. The van der Waals surface area contributed by atoms with Crippen LogP contribution in [-0.4, -0.2) is 19.9 Å². The molecule has 0 unspecified atom stereocenters. The monoisotopic (exact) mass is 282 g/mol. The molecule has 0 aliphatic carbocycles. The van der Waals surface area contributed by atoms with E-state index in [0.29, 0.717) is 0 Å². The molecule has 99 valence electrons. The predicted molar refractivity (Wildman–Crippen MR) is 79.7 cm³/mol. The summed E-state index contributed by atoms with van der Waals surface area (Å²) in [5, 5.41) is 18.5. The van der Waals surface area contributed by atoms with Gasteiger partial charge in [0.05, 0.1) is 0 Å². The van der Waals surface area contributed by atoms with Crippen LogP contribution in [0.25, 0.3) is 17.1 Å². The minimum Gasteiger partial charge on any atom is -0.508 e. The van der Waals surface area contributed by atoms with Crippen molar-refractivity contribution in [1.29, 1.82) is 0 Å². The third kappa shape index (κ3) is 2.28. The van der Waals surface area contributed by atoms with Crippen molar-refractivity contribution >= 4 is 11.8 Å². The highest BCUT2D eigenvalue weighted by Crippen LogP contribution is 2.28. The van der Waals surface area contributed by atoms with Gasteiger partial charge in [-0.05, 0) is 36.4 Å². The van der Waals surface area contributed by atoms with Gasteiger partial charge in [0.25, 0.3) is 0 Å². The van der Waals surface area contributed by atoms with E-state index >= 15 is 0 Å². The average Bonchev–Trinajstić information content (AvgIpc) is 2.93. The molecule has 0 saturated heterocycles. The maximum Gasteiger partial charge on any atom is 0.196 e. The third-order valence-corrected chi connectivity index (χ3v) is 3.42. The van der Waals surface area contributed by atoms with Crippen molar-refractivity contribution in [3.05, 3.63) is 60.9 Å². The van der Waals surface area contributed by atoms with Crippen molar-refractivity contribution in [1.82, 2.24) is 14.8 Å².